The highest BCUT2D eigenvalue weighted by Gasteiger charge is 2.38. The van der Waals surface area contributed by atoms with Crippen molar-refractivity contribution < 1.29 is 9.18 Å². The summed E-state index contributed by atoms with van der Waals surface area (Å²) in [6.45, 7) is 5.33. The number of hydrogen-bond donors (Lipinski definition) is 0. The second-order valence-corrected chi connectivity index (χ2v) is 7.98. The summed E-state index contributed by atoms with van der Waals surface area (Å²) in [6.07, 6.45) is 0. The number of carbonyl (C=O) groups is 1. The zero-order valence-electron chi connectivity index (χ0n) is 15.0. The number of nitrogens with zero attached hydrogens (tertiary/aromatic N) is 3. The summed E-state index contributed by atoms with van der Waals surface area (Å²) in [5, 5.41) is 1.58. The largest absolute Gasteiger partial charge is 0.334 e. The summed E-state index contributed by atoms with van der Waals surface area (Å²) in [5.41, 5.74) is 1.76. The van der Waals surface area contributed by atoms with E-state index in [2.05, 4.69) is 28.9 Å². The van der Waals surface area contributed by atoms with Gasteiger partial charge in [-0.25, -0.2) is 9.38 Å². The third kappa shape index (κ3) is 3.26. The number of fused-ring (bicyclic) bond motifs is 1. The van der Waals surface area contributed by atoms with Crippen LogP contribution < -0.4 is 4.90 Å². The highest BCUT2D eigenvalue weighted by Crippen LogP contribution is 2.50. The Morgan fingerprint density at radius 1 is 0.963 bits per heavy atom. The van der Waals surface area contributed by atoms with Crippen LogP contribution in [-0.2, 0) is 4.79 Å². The Kier molecular flexibility index (Phi) is 4.97. The minimum absolute atomic E-state index is 0.0304. The van der Waals surface area contributed by atoms with Crippen molar-refractivity contribution >= 4 is 46.0 Å². The summed E-state index contributed by atoms with van der Waals surface area (Å²) in [6, 6.07) is 14.2. The number of anilines is 1. The maximum atomic E-state index is 13.1. The number of aliphatic imine (C=N–C) groups is 1. The fourth-order valence-corrected chi connectivity index (χ4v) is 5.50. The SMILES string of the molecule is CCN1C(=O)C(=C2Sc3ccccc3N2CC)SC1=Nc1ccc(F)cc1. The summed E-state index contributed by atoms with van der Waals surface area (Å²) < 4.78 is 13.1. The van der Waals surface area contributed by atoms with Gasteiger partial charge in [0.05, 0.1) is 11.4 Å². The molecule has 0 aromatic heterocycles. The maximum absolute atomic E-state index is 13.1. The molecule has 2 aliphatic rings. The van der Waals surface area contributed by atoms with Gasteiger partial charge in [0.15, 0.2) is 5.17 Å². The number of carbonyl (C=O) groups excluding carboxylic acids is 1. The Labute approximate surface area is 166 Å². The van der Waals surface area contributed by atoms with E-state index in [1.54, 1.807) is 28.8 Å². The van der Waals surface area contributed by atoms with Crippen molar-refractivity contribution in [3.63, 3.8) is 0 Å². The van der Waals surface area contributed by atoms with E-state index >= 15 is 0 Å². The van der Waals surface area contributed by atoms with Crippen molar-refractivity contribution in [2.24, 2.45) is 4.99 Å². The first kappa shape index (κ1) is 18.1. The first-order valence-electron chi connectivity index (χ1n) is 8.75. The zero-order valence-corrected chi connectivity index (χ0v) is 16.6. The van der Waals surface area contributed by atoms with E-state index in [0.717, 1.165) is 22.2 Å². The van der Waals surface area contributed by atoms with Gasteiger partial charge in [0.2, 0.25) is 0 Å². The topological polar surface area (TPSA) is 35.9 Å². The summed E-state index contributed by atoms with van der Waals surface area (Å²) in [5.74, 6) is -0.333. The molecule has 2 heterocycles. The van der Waals surface area contributed by atoms with Crippen LogP contribution in [0.25, 0.3) is 0 Å². The summed E-state index contributed by atoms with van der Waals surface area (Å²) >= 11 is 3.01. The molecule has 0 bridgehead atoms. The number of halogens is 1. The molecule has 0 radical (unpaired) electrons. The predicted molar refractivity (Wildman–Crippen MR) is 111 cm³/mol. The fraction of sp³-hybridized carbons (Fsp3) is 0.200. The molecular formula is C20H18FN3OS2. The Balaban J connectivity index is 1.74. The van der Waals surface area contributed by atoms with E-state index in [-0.39, 0.29) is 11.7 Å². The smallest absolute Gasteiger partial charge is 0.269 e. The molecule has 7 heteroatoms. The monoisotopic (exact) mass is 399 g/mol. The first-order valence-corrected chi connectivity index (χ1v) is 10.4. The van der Waals surface area contributed by atoms with E-state index in [1.807, 2.05) is 19.1 Å². The molecule has 2 aromatic carbocycles. The van der Waals surface area contributed by atoms with Gasteiger partial charge >= 0.3 is 0 Å². The number of para-hydroxylation sites is 1. The molecule has 0 saturated carbocycles. The van der Waals surface area contributed by atoms with Gasteiger partial charge in [-0.15, -0.1) is 0 Å². The van der Waals surface area contributed by atoms with Crippen molar-refractivity contribution in [1.29, 1.82) is 0 Å². The van der Waals surface area contributed by atoms with Crippen LogP contribution >= 0.6 is 23.5 Å². The van der Waals surface area contributed by atoms with Crippen LogP contribution in [0.5, 0.6) is 0 Å². The van der Waals surface area contributed by atoms with E-state index in [1.165, 1.54) is 23.9 Å². The third-order valence-corrected chi connectivity index (χ3v) is 6.73. The summed E-state index contributed by atoms with van der Waals surface area (Å²) in [7, 11) is 0. The molecule has 2 aromatic rings. The lowest BCUT2D eigenvalue weighted by molar-refractivity contribution is -0.122. The number of thioether (sulfide) groups is 2. The molecule has 2 aliphatic heterocycles. The van der Waals surface area contributed by atoms with Crippen LogP contribution in [0.4, 0.5) is 15.8 Å². The standard InChI is InChI=1S/C20H18FN3OS2/c1-3-23-15-7-5-6-8-16(15)26-19(23)17-18(25)24(4-2)20(27-17)22-14-11-9-13(21)10-12-14/h5-12H,3-4H2,1-2H3. The Morgan fingerprint density at radius 2 is 1.67 bits per heavy atom. The molecule has 0 N–H and O–H groups in total. The van der Waals surface area contributed by atoms with E-state index in [0.29, 0.717) is 22.3 Å². The molecule has 1 saturated heterocycles. The van der Waals surface area contributed by atoms with Gasteiger partial charge in [-0.05, 0) is 62.0 Å². The van der Waals surface area contributed by atoms with Crippen LogP contribution in [0.1, 0.15) is 13.8 Å². The van der Waals surface area contributed by atoms with Crippen molar-refractivity contribution in [1.82, 2.24) is 4.90 Å². The maximum Gasteiger partial charge on any atom is 0.269 e. The first-order chi connectivity index (χ1) is 13.1. The zero-order chi connectivity index (χ0) is 19.0. The highest BCUT2D eigenvalue weighted by atomic mass is 32.2. The second-order valence-electron chi connectivity index (χ2n) is 5.97. The van der Waals surface area contributed by atoms with E-state index < -0.39 is 0 Å². The number of likely N-dealkylation sites (N-methyl/N-ethyl adjacent to an activating group) is 1. The number of hydrogen-bond acceptors (Lipinski definition) is 5. The summed E-state index contributed by atoms with van der Waals surface area (Å²) in [4.78, 5) is 23.3. The average Bonchev–Trinajstić information content (AvgIpc) is 3.20. The van der Waals surface area contributed by atoms with Crippen molar-refractivity contribution in [3.8, 4) is 0 Å². The van der Waals surface area contributed by atoms with Gasteiger partial charge in [0, 0.05) is 18.0 Å². The molecule has 1 amide bonds. The number of rotatable bonds is 3. The van der Waals surface area contributed by atoms with Crippen LogP contribution in [0.15, 0.2) is 68.4 Å². The lowest BCUT2D eigenvalue weighted by atomic mass is 10.3. The molecule has 27 heavy (non-hydrogen) atoms. The highest BCUT2D eigenvalue weighted by molar-refractivity contribution is 8.19. The quantitative estimate of drug-likeness (QED) is 0.664. The van der Waals surface area contributed by atoms with Gasteiger partial charge in [-0.2, -0.15) is 0 Å². The van der Waals surface area contributed by atoms with Crippen molar-refractivity contribution in [3.05, 3.63) is 64.3 Å². The van der Waals surface area contributed by atoms with Crippen molar-refractivity contribution in [2.75, 3.05) is 18.0 Å². The lowest BCUT2D eigenvalue weighted by Gasteiger charge is -2.19. The molecule has 0 atom stereocenters. The molecule has 138 valence electrons. The minimum Gasteiger partial charge on any atom is -0.334 e. The number of amidine groups is 1. The van der Waals surface area contributed by atoms with E-state index in [9.17, 15) is 9.18 Å². The molecule has 4 rings (SSSR count). The van der Waals surface area contributed by atoms with Gasteiger partial charge in [-0.3, -0.25) is 9.69 Å². The Bertz CT molecular complexity index is 956. The van der Waals surface area contributed by atoms with Gasteiger partial charge < -0.3 is 4.90 Å². The molecule has 0 unspecified atom stereocenters. The van der Waals surface area contributed by atoms with Gasteiger partial charge in [0.25, 0.3) is 5.91 Å². The Morgan fingerprint density at radius 3 is 2.37 bits per heavy atom. The number of benzene rings is 2. The molecule has 0 spiro atoms. The fourth-order valence-electron chi connectivity index (χ4n) is 3.04. The van der Waals surface area contributed by atoms with Crippen LogP contribution in [-0.4, -0.2) is 29.1 Å². The normalized spacial score (nSPS) is 20.7. The Hall–Kier alpha value is -2.25. The molecular weight excluding hydrogens is 381 g/mol. The molecule has 4 nitrogen and oxygen atoms in total. The van der Waals surface area contributed by atoms with Crippen molar-refractivity contribution in [2.45, 2.75) is 18.7 Å². The lowest BCUT2D eigenvalue weighted by Crippen LogP contribution is -2.29. The second kappa shape index (κ2) is 7.40. The minimum atomic E-state index is -0.303. The van der Waals surface area contributed by atoms with E-state index in [4.69, 9.17) is 0 Å². The average molecular weight is 400 g/mol. The van der Waals surface area contributed by atoms with Crippen LogP contribution in [0, 0.1) is 5.82 Å². The van der Waals surface area contributed by atoms with Gasteiger partial charge in [-0.1, -0.05) is 23.9 Å². The number of amides is 1. The van der Waals surface area contributed by atoms with Gasteiger partial charge in [0.1, 0.15) is 15.8 Å². The van der Waals surface area contributed by atoms with Crippen LogP contribution in [0.3, 0.4) is 0 Å². The molecule has 1 fully saturated rings. The van der Waals surface area contributed by atoms with Crippen LogP contribution in [0.2, 0.25) is 0 Å². The molecule has 0 aliphatic carbocycles. The third-order valence-electron chi connectivity index (χ3n) is 4.35. The predicted octanol–water partition coefficient (Wildman–Crippen LogP) is 5.21.